The summed E-state index contributed by atoms with van der Waals surface area (Å²) in [5.74, 6) is -1.51. The van der Waals surface area contributed by atoms with Gasteiger partial charge in [0.05, 0.1) is 5.69 Å². The Morgan fingerprint density at radius 2 is 1.85 bits per heavy atom. The monoisotopic (exact) mass is 360 g/mol. The molecule has 1 N–H and O–H groups in total. The van der Waals surface area contributed by atoms with Crippen molar-refractivity contribution in [1.82, 2.24) is 5.32 Å². The lowest BCUT2D eigenvalue weighted by Gasteiger charge is -2.32. The first-order chi connectivity index (χ1) is 12.5. The Morgan fingerprint density at radius 3 is 2.58 bits per heavy atom. The first kappa shape index (κ1) is 17.8. The molecule has 0 saturated carbocycles. The van der Waals surface area contributed by atoms with Gasteiger partial charge in [0.1, 0.15) is 23.9 Å². The topological polar surface area (TPSA) is 58.6 Å². The summed E-state index contributed by atoms with van der Waals surface area (Å²) < 4.78 is 32.7. The molecule has 136 valence electrons. The third-order valence-electron chi connectivity index (χ3n) is 4.13. The molecule has 26 heavy (non-hydrogen) atoms. The van der Waals surface area contributed by atoms with E-state index in [0.29, 0.717) is 11.4 Å². The van der Waals surface area contributed by atoms with Gasteiger partial charge >= 0.3 is 0 Å². The average molecular weight is 360 g/mol. The molecule has 0 aliphatic carbocycles. The van der Waals surface area contributed by atoms with Gasteiger partial charge in [0, 0.05) is 12.1 Å². The van der Waals surface area contributed by atoms with Crippen LogP contribution in [0.2, 0.25) is 0 Å². The van der Waals surface area contributed by atoms with E-state index in [2.05, 4.69) is 5.32 Å². The van der Waals surface area contributed by atoms with Crippen molar-refractivity contribution < 1.29 is 23.1 Å². The van der Waals surface area contributed by atoms with E-state index >= 15 is 0 Å². The van der Waals surface area contributed by atoms with Crippen molar-refractivity contribution in [2.45, 2.75) is 19.4 Å². The second kappa shape index (κ2) is 7.51. The van der Waals surface area contributed by atoms with Crippen molar-refractivity contribution in [2.24, 2.45) is 0 Å². The van der Waals surface area contributed by atoms with Gasteiger partial charge in [-0.3, -0.25) is 14.5 Å². The van der Waals surface area contributed by atoms with E-state index in [1.807, 2.05) is 0 Å². The Kier molecular flexibility index (Phi) is 5.16. The number of anilines is 1. The summed E-state index contributed by atoms with van der Waals surface area (Å²) in [7, 11) is 0. The molecule has 0 fully saturated rings. The Bertz CT molecular complexity index is 821. The first-order valence-corrected chi connectivity index (χ1v) is 8.24. The molecule has 3 rings (SSSR count). The van der Waals surface area contributed by atoms with Gasteiger partial charge in [0.2, 0.25) is 5.91 Å². The first-order valence-electron chi connectivity index (χ1n) is 8.24. The number of amides is 2. The van der Waals surface area contributed by atoms with Gasteiger partial charge in [-0.15, -0.1) is 0 Å². The zero-order valence-corrected chi connectivity index (χ0v) is 14.2. The minimum Gasteiger partial charge on any atom is -0.479 e. The van der Waals surface area contributed by atoms with E-state index in [1.165, 1.54) is 23.1 Å². The summed E-state index contributed by atoms with van der Waals surface area (Å²) in [6.45, 7) is 1.49. The van der Waals surface area contributed by atoms with Crippen LogP contribution in [0.4, 0.5) is 14.5 Å². The van der Waals surface area contributed by atoms with E-state index in [0.717, 1.165) is 0 Å². The number of rotatable bonds is 5. The number of carbonyl (C=O) groups is 2. The molecule has 1 aliphatic rings. The fourth-order valence-corrected chi connectivity index (χ4v) is 2.82. The van der Waals surface area contributed by atoms with E-state index < -0.39 is 23.6 Å². The predicted octanol–water partition coefficient (Wildman–Crippen LogP) is 2.44. The fourth-order valence-electron chi connectivity index (χ4n) is 2.82. The number of carbonyl (C=O) groups excluding carboxylic acids is 2. The number of halogens is 2. The normalized spacial score (nSPS) is 16.0. The number of ether oxygens (including phenoxy) is 1. The van der Waals surface area contributed by atoms with Gasteiger partial charge in [0.15, 0.2) is 6.10 Å². The molecule has 1 unspecified atom stereocenters. The third-order valence-corrected chi connectivity index (χ3v) is 4.13. The van der Waals surface area contributed by atoms with E-state index in [1.54, 1.807) is 31.2 Å². The van der Waals surface area contributed by atoms with Crippen LogP contribution in [0.3, 0.4) is 0 Å². The molecule has 1 aliphatic heterocycles. The zero-order chi connectivity index (χ0) is 18.7. The largest absolute Gasteiger partial charge is 0.479 e. The SMILES string of the molecule is CC1Oc2ccccc2N(CC(=O)NCCc2c(F)cccc2F)C1=O. The van der Waals surface area contributed by atoms with E-state index in [-0.39, 0.29) is 31.0 Å². The standard InChI is InChI=1S/C19H18F2N2O3/c1-12-19(25)23(16-7-2-3-8-17(16)26-12)11-18(24)22-10-9-13-14(20)5-4-6-15(13)21/h2-8,12H,9-11H2,1H3,(H,22,24). The summed E-state index contributed by atoms with van der Waals surface area (Å²) >= 11 is 0. The molecule has 2 aromatic rings. The minimum absolute atomic E-state index is 0.0221. The van der Waals surface area contributed by atoms with Crippen LogP contribution in [0.15, 0.2) is 42.5 Å². The number of hydrogen-bond acceptors (Lipinski definition) is 3. The van der Waals surface area contributed by atoms with Gasteiger partial charge in [-0.25, -0.2) is 8.78 Å². The number of nitrogens with one attached hydrogen (secondary N) is 1. The second-order valence-corrected chi connectivity index (χ2v) is 5.95. The third kappa shape index (κ3) is 3.66. The molecule has 5 nitrogen and oxygen atoms in total. The van der Waals surface area contributed by atoms with Crippen LogP contribution < -0.4 is 15.0 Å². The molecule has 0 aromatic heterocycles. The van der Waals surface area contributed by atoms with Crippen molar-refractivity contribution in [3.05, 3.63) is 59.7 Å². The highest BCUT2D eigenvalue weighted by molar-refractivity contribution is 6.03. The van der Waals surface area contributed by atoms with Crippen LogP contribution in [-0.4, -0.2) is 31.0 Å². The molecular weight excluding hydrogens is 342 g/mol. The Hall–Kier alpha value is -2.96. The molecule has 0 saturated heterocycles. The van der Waals surface area contributed by atoms with Gasteiger partial charge in [-0.2, -0.15) is 0 Å². The lowest BCUT2D eigenvalue weighted by atomic mass is 10.1. The van der Waals surface area contributed by atoms with Crippen LogP contribution in [0.1, 0.15) is 12.5 Å². The highest BCUT2D eigenvalue weighted by atomic mass is 19.1. The van der Waals surface area contributed by atoms with Crippen LogP contribution >= 0.6 is 0 Å². The fraction of sp³-hybridized carbons (Fsp3) is 0.263. The quantitative estimate of drug-likeness (QED) is 0.891. The number of para-hydroxylation sites is 2. The summed E-state index contributed by atoms with van der Waals surface area (Å²) in [5, 5.41) is 2.59. The lowest BCUT2D eigenvalue weighted by molar-refractivity contribution is -0.128. The second-order valence-electron chi connectivity index (χ2n) is 5.95. The maximum atomic E-state index is 13.6. The van der Waals surface area contributed by atoms with Crippen LogP contribution in [-0.2, 0) is 16.0 Å². The highest BCUT2D eigenvalue weighted by Crippen LogP contribution is 2.33. The van der Waals surface area contributed by atoms with Gasteiger partial charge in [-0.1, -0.05) is 18.2 Å². The summed E-state index contributed by atoms with van der Waals surface area (Å²) in [4.78, 5) is 25.9. The predicted molar refractivity (Wildman–Crippen MR) is 92.0 cm³/mol. The Labute approximate surface area is 149 Å². The highest BCUT2D eigenvalue weighted by Gasteiger charge is 2.32. The summed E-state index contributed by atoms with van der Waals surface area (Å²) in [5.41, 5.74) is 0.445. The maximum Gasteiger partial charge on any atom is 0.268 e. The Morgan fingerprint density at radius 1 is 1.15 bits per heavy atom. The van der Waals surface area contributed by atoms with Gasteiger partial charge in [-0.05, 0) is 37.6 Å². The molecule has 2 aromatic carbocycles. The molecule has 2 amide bonds. The van der Waals surface area contributed by atoms with E-state index in [9.17, 15) is 18.4 Å². The number of fused-ring (bicyclic) bond motifs is 1. The van der Waals surface area contributed by atoms with Crippen molar-refractivity contribution >= 4 is 17.5 Å². The molecule has 1 atom stereocenters. The minimum atomic E-state index is -0.690. The smallest absolute Gasteiger partial charge is 0.268 e. The van der Waals surface area contributed by atoms with Crippen LogP contribution in [0.25, 0.3) is 0 Å². The number of benzene rings is 2. The number of nitrogens with zero attached hydrogens (tertiary/aromatic N) is 1. The molecule has 0 spiro atoms. The van der Waals surface area contributed by atoms with Crippen LogP contribution in [0, 0.1) is 11.6 Å². The number of hydrogen-bond donors (Lipinski definition) is 1. The van der Waals surface area contributed by atoms with Crippen molar-refractivity contribution in [3.8, 4) is 5.75 Å². The van der Waals surface area contributed by atoms with Crippen molar-refractivity contribution in [1.29, 1.82) is 0 Å². The molecule has 7 heteroatoms. The van der Waals surface area contributed by atoms with Gasteiger partial charge in [0.25, 0.3) is 5.91 Å². The molecule has 1 heterocycles. The Balaban J connectivity index is 1.62. The zero-order valence-electron chi connectivity index (χ0n) is 14.2. The van der Waals surface area contributed by atoms with Crippen molar-refractivity contribution in [3.63, 3.8) is 0 Å². The van der Waals surface area contributed by atoms with Gasteiger partial charge < -0.3 is 10.1 Å². The average Bonchev–Trinajstić information content (AvgIpc) is 2.61. The summed E-state index contributed by atoms with van der Waals surface area (Å²) in [6.07, 6.45) is -0.668. The van der Waals surface area contributed by atoms with Crippen LogP contribution in [0.5, 0.6) is 5.75 Å². The molecular formula is C19H18F2N2O3. The molecule has 0 radical (unpaired) electrons. The summed E-state index contributed by atoms with van der Waals surface area (Å²) in [6, 6.07) is 10.6. The lowest BCUT2D eigenvalue weighted by Crippen LogP contribution is -2.49. The maximum absolute atomic E-state index is 13.6. The van der Waals surface area contributed by atoms with E-state index in [4.69, 9.17) is 4.74 Å². The van der Waals surface area contributed by atoms with Crippen molar-refractivity contribution in [2.75, 3.05) is 18.0 Å². The molecule has 0 bridgehead atoms.